The lowest BCUT2D eigenvalue weighted by atomic mass is 10.3. The van der Waals surface area contributed by atoms with Gasteiger partial charge in [-0.1, -0.05) is 19.8 Å². The zero-order valence-corrected chi connectivity index (χ0v) is 7.32. The number of alkyl halides is 1. The van der Waals surface area contributed by atoms with Crippen LogP contribution in [-0.4, -0.2) is 17.7 Å². The zero-order chi connectivity index (χ0) is 8.20. The number of hydrogen-bond acceptors (Lipinski definition) is 2. The normalized spacial score (nSPS) is 15.1. The molecule has 0 saturated carbocycles. The van der Waals surface area contributed by atoms with Crippen LogP contribution >= 0.6 is 11.6 Å². The highest BCUT2D eigenvalue weighted by Gasteiger charge is 2.18. The monoisotopic (exact) mass is 186 g/mol. The van der Waals surface area contributed by atoms with Gasteiger partial charge in [-0.05, 0) is 6.42 Å². The van der Waals surface area contributed by atoms with Gasteiger partial charge in [-0.25, -0.2) is 0 Å². The van der Waals surface area contributed by atoms with Gasteiger partial charge in [-0.2, -0.15) is 8.42 Å². The zero-order valence-electron chi connectivity index (χ0n) is 5.75. The minimum absolute atomic E-state index is 0.316. The molecular weight excluding hydrogens is 176 g/mol. The molecule has 0 aromatic heterocycles. The Kier molecular flexibility index (Phi) is 4.24. The SMILES string of the molecule is CCCCC(Cl)S(=O)(=O)O. The second-order valence-electron chi connectivity index (χ2n) is 2.07. The van der Waals surface area contributed by atoms with E-state index in [2.05, 4.69) is 0 Å². The molecule has 0 rings (SSSR count). The minimum Gasteiger partial charge on any atom is -0.284 e. The van der Waals surface area contributed by atoms with Crippen LogP contribution in [0.15, 0.2) is 0 Å². The molecule has 0 saturated heterocycles. The van der Waals surface area contributed by atoms with Gasteiger partial charge in [0.05, 0.1) is 0 Å². The fourth-order valence-electron chi connectivity index (χ4n) is 0.514. The summed E-state index contributed by atoms with van der Waals surface area (Å²) in [5.74, 6) is 0. The summed E-state index contributed by atoms with van der Waals surface area (Å²) >= 11 is 5.30. The van der Waals surface area contributed by atoms with Crippen LogP contribution in [0.2, 0.25) is 0 Å². The van der Waals surface area contributed by atoms with Gasteiger partial charge >= 0.3 is 0 Å². The van der Waals surface area contributed by atoms with Crippen molar-refractivity contribution in [3.8, 4) is 0 Å². The number of rotatable bonds is 4. The van der Waals surface area contributed by atoms with Crippen LogP contribution in [0.1, 0.15) is 26.2 Å². The van der Waals surface area contributed by atoms with Gasteiger partial charge in [0.1, 0.15) is 0 Å². The van der Waals surface area contributed by atoms with Gasteiger partial charge < -0.3 is 0 Å². The molecule has 0 radical (unpaired) electrons. The van der Waals surface area contributed by atoms with Crippen LogP contribution in [0, 0.1) is 0 Å². The van der Waals surface area contributed by atoms with E-state index in [-0.39, 0.29) is 0 Å². The van der Waals surface area contributed by atoms with Crippen LogP contribution in [0.3, 0.4) is 0 Å². The van der Waals surface area contributed by atoms with Crippen molar-refractivity contribution < 1.29 is 13.0 Å². The number of unbranched alkanes of at least 4 members (excludes halogenated alkanes) is 1. The van der Waals surface area contributed by atoms with E-state index in [9.17, 15) is 8.42 Å². The van der Waals surface area contributed by atoms with Crippen LogP contribution < -0.4 is 0 Å². The summed E-state index contributed by atoms with van der Waals surface area (Å²) in [4.78, 5) is 0. The standard InChI is InChI=1S/C5H11ClO3S/c1-2-3-4-5(6)10(7,8)9/h5H,2-4H2,1H3,(H,7,8,9). The van der Waals surface area contributed by atoms with Gasteiger partial charge in [0.2, 0.25) is 0 Å². The van der Waals surface area contributed by atoms with Gasteiger partial charge in [0.25, 0.3) is 10.1 Å². The predicted octanol–water partition coefficient (Wildman–Crippen LogP) is 1.63. The van der Waals surface area contributed by atoms with Crippen LogP contribution in [-0.2, 0) is 10.1 Å². The van der Waals surface area contributed by atoms with E-state index in [4.69, 9.17) is 16.2 Å². The molecular formula is C5H11ClO3S. The smallest absolute Gasteiger partial charge is 0.281 e. The van der Waals surface area contributed by atoms with Crippen molar-refractivity contribution in [2.24, 2.45) is 0 Å². The molecule has 0 spiro atoms. The third kappa shape index (κ3) is 4.09. The van der Waals surface area contributed by atoms with Crippen molar-refractivity contribution in [2.75, 3.05) is 0 Å². The maximum absolute atomic E-state index is 10.3. The average molecular weight is 187 g/mol. The Labute approximate surface area is 66.1 Å². The second kappa shape index (κ2) is 4.16. The van der Waals surface area contributed by atoms with E-state index >= 15 is 0 Å². The summed E-state index contributed by atoms with van der Waals surface area (Å²) < 4.78 is 27.7. The summed E-state index contributed by atoms with van der Waals surface area (Å²) in [6.07, 6.45) is 1.91. The predicted molar refractivity (Wildman–Crippen MR) is 40.7 cm³/mol. The van der Waals surface area contributed by atoms with Crippen molar-refractivity contribution in [1.82, 2.24) is 0 Å². The van der Waals surface area contributed by atoms with E-state index in [0.717, 1.165) is 6.42 Å². The second-order valence-corrected chi connectivity index (χ2v) is 4.45. The highest BCUT2D eigenvalue weighted by molar-refractivity contribution is 7.87. The average Bonchev–Trinajstić information content (AvgIpc) is 1.80. The molecule has 0 amide bonds. The molecule has 5 heteroatoms. The van der Waals surface area contributed by atoms with Gasteiger partial charge in [0, 0.05) is 0 Å². The third-order valence-corrected chi connectivity index (χ3v) is 2.88. The Morgan fingerprint density at radius 2 is 2.10 bits per heavy atom. The van der Waals surface area contributed by atoms with Gasteiger partial charge in [-0.15, -0.1) is 11.6 Å². The molecule has 0 aliphatic heterocycles. The first-order chi connectivity index (χ1) is 4.48. The largest absolute Gasteiger partial charge is 0.284 e. The summed E-state index contributed by atoms with van der Waals surface area (Å²) in [5, 5.41) is 0. The first-order valence-electron chi connectivity index (χ1n) is 3.09. The summed E-state index contributed by atoms with van der Waals surface area (Å²) in [7, 11) is -4.01. The van der Waals surface area contributed by atoms with Crippen LogP contribution in [0.4, 0.5) is 0 Å². The van der Waals surface area contributed by atoms with Crippen molar-refractivity contribution >= 4 is 21.7 Å². The molecule has 0 aliphatic carbocycles. The molecule has 0 aliphatic rings. The molecule has 0 aromatic carbocycles. The maximum atomic E-state index is 10.3. The molecule has 1 unspecified atom stereocenters. The Bertz CT molecular complexity index is 175. The maximum Gasteiger partial charge on any atom is 0.281 e. The molecule has 10 heavy (non-hydrogen) atoms. The van der Waals surface area contributed by atoms with Crippen molar-refractivity contribution in [3.63, 3.8) is 0 Å². The Morgan fingerprint density at radius 1 is 1.60 bits per heavy atom. The lowest BCUT2D eigenvalue weighted by Crippen LogP contribution is -2.13. The summed E-state index contributed by atoms with van der Waals surface area (Å²) in [5.41, 5.74) is 0. The fraction of sp³-hybridized carbons (Fsp3) is 1.00. The van der Waals surface area contributed by atoms with Gasteiger partial charge in [-0.3, -0.25) is 4.55 Å². The van der Waals surface area contributed by atoms with Crippen molar-refractivity contribution in [2.45, 2.75) is 30.9 Å². The van der Waals surface area contributed by atoms with Crippen molar-refractivity contribution in [1.29, 1.82) is 0 Å². The van der Waals surface area contributed by atoms with E-state index in [1.807, 2.05) is 6.92 Å². The molecule has 0 bridgehead atoms. The molecule has 0 heterocycles. The Morgan fingerprint density at radius 3 is 2.40 bits per heavy atom. The lowest BCUT2D eigenvalue weighted by molar-refractivity contribution is 0.475. The molecule has 3 nitrogen and oxygen atoms in total. The van der Waals surface area contributed by atoms with Crippen LogP contribution in [0.5, 0.6) is 0 Å². The van der Waals surface area contributed by atoms with E-state index in [1.165, 1.54) is 0 Å². The molecule has 0 aromatic rings. The number of halogens is 1. The highest BCUT2D eigenvalue weighted by atomic mass is 35.5. The summed E-state index contributed by atoms with van der Waals surface area (Å²) in [6.45, 7) is 1.92. The Balaban J connectivity index is 3.75. The molecule has 0 fully saturated rings. The first kappa shape index (κ1) is 10.2. The molecule has 62 valence electrons. The Hall–Kier alpha value is 0.200. The number of hydrogen-bond donors (Lipinski definition) is 1. The third-order valence-electron chi connectivity index (χ3n) is 1.11. The molecule has 1 atom stereocenters. The first-order valence-corrected chi connectivity index (χ1v) is 5.02. The molecule has 1 N–H and O–H groups in total. The highest BCUT2D eigenvalue weighted by Crippen LogP contribution is 2.12. The summed E-state index contributed by atoms with van der Waals surface area (Å²) in [6, 6.07) is 0. The lowest BCUT2D eigenvalue weighted by Gasteiger charge is -2.02. The van der Waals surface area contributed by atoms with Crippen molar-refractivity contribution in [3.05, 3.63) is 0 Å². The van der Waals surface area contributed by atoms with E-state index in [1.54, 1.807) is 0 Å². The topological polar surface area (TPSA) is 54.4 Å². The van der Waals surface area contributed by atoms with Gasteiger partial charge in [0.15, 0.2) is 4.71 Å². The van der Waals surface area contributed by atoms with E-state index < -0.39 is 14.8 Å². The quantitative estimate of drug-likeness (QED) is 0.537. The minimum atomic E-state index is -4.01. The fourth-order valence-corrected chi connectivity index (χ4v) is 1.13. The van der Waals surface area contributed by atoms with Crippen LogP contribution in [0.25, 0.3) is 0 Å². The van der Waals surface area contributed by atoms with E-state index in [0.29, 0.717) is 12.8 Å².